The molecular weight excluding hydrogens is 278 g/mol. The Balaban J connectivity index is -0.0000000257. The summed E-state index contributed by atoms with van der Waals surface area (Å²) in [5.74, 6) is -3.58. The van der Waals surface area contributed by atoms with Gasteiger partial charge < -0.3 is 25.2 Å². The maximum atomic E-state index is 9.00. The van der Waals surface area contributed by atoms with Crippen molar-refractivity contribution in [1.82, 2.24) is 0 Å². The first kappa shape index (κ1) is 36.0. The van der Waals surface area contributed by atoms with E-state index in [0.717, 1.165) is 27.7 Å². The van der Waals surface area contributed by atoms with Gasteiger partial charge in [0.25, 0.3) is 17.9 Å². The van der Waals surface area contributed by atoms with Crippen molar-refractivity contribution in [1.29, 1.82) is 0 Å². The van der Waals surface area contributed by atoms with Crippen LogP contribution in [0.5, 0.6) is 0 Å². The molecule has 0 aliphatic carbocycles. The van der Waals surface area contributed by atoms with Crippen molar-refractivity contribution in [2.45, 2.75) is 27.7 Å². The molecule has 0 rings (SSSR count). The van der Waals surface area contributed by atoms with Gasteiger partial charge in [0, 0.05) is 26.7 Å². The SMILES string of the molecule is CC(=O)O.CC(=O)O.CC(=O)O.CC(=O)[O-].P.[Na+]. The van der Waals surface area contributed by atoms with Crippen LogP contribution >= 0.6 is 9.90 Å². The number of carboxylic acids is 4. The van der Waals surface area contributed by atoms with E-state index < -0.39 is 23.9 Å². The average molecular weight is 296 g/mol. The summed E-state index contributed by atoms with van der Waals surface area (Å²) in [5, 5.41) is 31.1. The Morgan fingerprint density at radius 3 is 0.722 bits per heavy atom. The average Bonchev–Trinajstić information content (AvgIpc) is 1.76. The minimum Gasteiger partial charge on any atom is -0.550 e. The first-order valence-electron chi connectivity index (χ1n) is 3.69. The summed E-state index contributed by atoms with van der Waals surface area (Å²) in [5.41, 5.74) is 0. The number of hydrogen-bond donors (Lipinski definition) is 3. The number of carboxylic acid groups (broad SMARTS) is 4. The van der Waals surface area contributed by atoms with Crippen LogP contribution in [0.3, 0.4) is 0 Å². The Kier molecular flexibility index (Phi) is 59.8. The van der Waals surface area contributed by atoms with Crippen LogP contribution in [0.15, 0.2) is 0 Å². The van der Waals surface area contributed by atoms with Gasteiger partial charge in [0.15, 0.2) is 0 Å². The Morgan fingerprint density at radius 1 is 0.722 bits per heavy atom. The molecule has 0 amide bonds. The van der Waals surface area contributed by atoms with Crippen LogP contribution in [0.25, 0.3) is 0 Å². The van der Waals surface area contributed by atoms with Crippen LogP contribution < -0.4 is 34.7 Å². The minimum absolute atomic E-state index is 0. The first-order chi connectivity index (χ1) is 6.93. The van der Waals surface area contributed by atoms with Crippen LogP contribution in [0.2, 0.25) is 0 Å². The fourth-order valence-electron chi connectivity index (χ4n) is 0. The zero-order valence-electron chi connectivity index (χ0n) is 11.1. The summed E-state index contributed by atoms with van der Waals surface area (Å²) in [4.78, 5) is 35.9. The molecule has 1 atom stereocenters. The summed E-state index contributed by atoms with van der Waals surface area (Å²) in [6.07, 6.45) is 0. The third-order valence-corrected chi connectivity index (χ3v) is 0. The molecule has 0 spiro atoms. The van der Waals surface area contributed by atoms with Crippen molar-refractivity contribution in [3.63, 3.8) is 0 Å². The van der Waals surface area contributed by atoms with Crippen molar-refractivity contribution in [2.24, 2.45) is 0 Å². The number of carbonyl (C=O) groups excluding carboxylic acids is 1. The molecule has 0 aromatic rings. The molecule has 18 heavy (non-hydrogen) atoms. The Morgan fingerprint density at radius 2 is 0.722 bits per heavy atom. The van der Waals surface area contributed by atoms with Crippen LogP contribution in [-0.2, 0) is 19.2 Å². The quantitative estimate of drug-likeness (QED) is 0.303. The fraction of sp³-hybridized carbons (Fsp3) is 0.500. The molecule has 0 aliphatic heterocycles. The van der Waals surface area contributed by atoms with E-state index in [1.165, 1.54) is 0 Å². The molecule has 3 N–H and O–H groups in total. The molecule has 0 aromatic carbocycles. The van der Waals surface area contributed by atoms with Gasteiger partial charge >= 0.3 is 29.6 Å². The summed E-state index contributed by atoms with van der Waals surface area (Å²) in [6.45, 7) is 4.22. The molecule has 0 bridgehead atoms. The van der Waals surface area contributed by atoms with E-state index in [9.17, 15) is 0 Å². The largest absolute Gasteiger partial charge is 1.00 e. The molecule has 1 unspecified atom stereocenters. The second-order valence-electron chi connectivity index (χ2n) is 2.05. The second kappa shape index (κ2) is 29.9. The number of hydrogen-bond acceptors (Lipinski definition) is 5. The monoisotopic (exact) mass is 296 g/mol. The van der Waals surface area contributed by atoms with Gasteiger partial charge in [-0.3, -0.25) is 14.4 Å². The standard InChI is InChI=1S/4C2H4O2.Na.H3P/c4*1-2(3)4;;/h4*1H3,(H,3,4);;1H3/q;;;;+1;/p-1. The van der Waals surface area contributed by atoms with Crippen molar-refractivity contribution < 1.29 is 69.2 Å². The van der Waals surface area contributed by atoms with E-state index >= 15 is 0 Å². The van der Waals surface area contributed by atoms with Crippen molar-refractivity contribution in [2.75, 3.05) is 0 Å². The van der Waals surface area contributed by atoms with Crippen LogP contribution in [0.1, 0.15) is 27.7 Å². The third kappa shape index (κ3) is 6590. The summed E-state index contributed by atoms with van der Waals surface area (Å²) in [7, 11) is 0. The van der Waals surface area contributed by atoms with E-state index in [1.807, 2.05) is 0 Å². The molecule has 8 nitrogen and oxygen atoms in total. The smallest absolute Gasteiger partial charge is 0.550 e. The van der Waals surface area contributed by atoms with Crippen molar-refractivity contribution in [3.05, 3.63) is 0 Å². The summed E-state index contributed by atoms with van der Waals surface area (Å²) in [6, 6.07) is 0. The topological polar surface area (TPSA) is 152 Å². The maximum absolute atomic E-state index is 9.00. The number of rotatable bonds is 0. The predicted octanol–water partition coefficient (Wildman–Crippen LogP) is -3.91. The molecule has 0 aliphatic rings. The van der Waals surface area contributed by atoms with E-state index in [-0.39, 0.29) is 39.5 Å². The third-order valence-electron chi connectivity index (χ3n) is 0. The van der Waals surface area contributed by atoms with Gasteiger partial charge in [0.2, 0.25) is 0 Å². The Labute approximate surface area is 130 Å². The molecule has 0 aromatic heterocycles. The maximum Gasteiger partial charge on any atom is 1.00 e. The minimum atomic E-state index is -1.08. The van der Waals surface area contributed by atoms with Gasteiger partial charge in [0.05, 0.1) is 0 Å². The zero-order chi connectivity index (χ0) is 14.3. The fourth-order valence-corrected chi connectivity index (χ4v) is 0. The molecule has 0 fully saturated rings. The van der Waals surface area contributed by atoms with Gasteiger partial charge in [0.1, 0.15) is 0 Å². The number of carbonyl (C=O) groups is 4. The molecule has 10 heteroatoms. The normalized spacial score (nSPS) is 5.56. The molecule has 104 valence electrons. The zero-order valence-corrected chi connectivity index (χ0v) is 14.5. The van der Waals surface area contributed by atoms with Crippen LogP contribution in [0.4, 0.5) is 0 Å². The Hall–Kier alpha value is -0.690. The van der Waals surface area contributed by atoms with Gasteiger partial charge in [-0.1, -0.05) is 0 Å². The predicted molar refractivity (Wildman–Crippen MR) is 61.7 cm³/mol. The number of aliphatic carboxylic acids is 4. The van der Waals surface area contributed by atoms with E-state index in [1.54, 1.807) is 0 Å². The van der Waals surface area contributed by atoms with E-state index in [2.05, 4.69) is 0 Å². The van der Waals surface area contributed by atoms with Crippen molar-refractivity contribution >= 4 is 33.8 Å². The van der Waals surface area contributed by atoms with Crippen LogP contribution in [-0.4, -0.2) is 39.2 Å². The molecule has 0 saturated carbocycles. The van der Waals surface area contributed by atoms with E-state index in [4.69, 9.17) is 39.6 Å². The molecule has 0 radical (unpaired) electrons. The molecule has 0 saturated heterocycles. The van der Waals surface area contributed by atoms with E-state index in [0.29, 0.717) is 0 Å². The molecular formula is C8H18NaO8P. The van der Waals surface area contributed by atoms with Crippen LogP contribution in [0, 0.1) is 0 Å². The first-order valence-corrected chi connectivity index (χ1v) is 3.69. The van der Waals surface area contributed by atoms with Gasteiger partial charge in [-0.2, -0.15) is 9.90 Å². The Bertz CT molecular complexity index is 167. The molecule has 0 heterocycles. The van der Waals surface area contributed by atoms with Gasteiger partial charge in [-0.25, -0.2) is 0 Å². The van der Waals surface area contributed by atoms with Gasteiger partial charge in [-0.15, -0.1) is 0 Å². The van der Waals surface area contributed by atoms with Crippen molar-refractivity contribution in [3.8, 4) is 0 Å². The summed E-state index contributed by atoms with van der Waals surface area (Å²) < 4.78 is 0. The van der Waals surface area contributed by atoms with Gasteiger partial charge in [-0.05, 0) is 6.92 Å². The second-order valence-corrected chi connectivity index (χ2v) is 2.05. The summed E-state index contributed by atoms with van der Waals surface area (Å²) >= 11 is 0.